The van der Waals surface area contributed by atoms with Crippen LogP contribution in [0.2, 0.25) is 0 Å². The third kappa shape index (κ3) is 2.36. The molecular weight excluding hydrogens is 216 g/mol. The number of carbonyl (C=O) groups excluding carboxylic acids is 1. The zero-order valence-corrected chi connectivity index (χ0v) is 10.6. The molecule has 0 saturated carbocycles. The Morgan fingerprint density at radius 2 is 2.18 bits per heavy atom. The highest BCUT2D eigenvalue weighted by molar-refractivity contribution is 5.97. The highest BCUT2D eigenvalue weighted by Gasteiger charge is 2.27. The second kappa shape index (κ2) is 4.53. The third-order valence-electron chi connectivity index (χ3n) is 3.03. The van der Waals surface area contributed by atoms with Crippen LogP contribution >= 0.6 is 0 Å². The first-order valence-electron chi connectivity index (χ1n) is 6.08. The first-order valence-corrected chi connectivity index (χ1v) is 6.08. The maximum absolute atomic E-state index is 11.7. The highest BCUT2D eigenvalue weighted by Crippen LogP contribution is 2.24. The van der Waals surface area contributed by atoms with Crippen molar-refractivity contribution in [3.8, 4) is 0 Å². The summed E-state index contributed by atoms with van der Waals surface area (Å²) in [7, 11) is 0. The maximum Gasteiger partial charge on any atom is 0.166 e. The summed E-state index contributed by atoms with van der Waals surface area (Å²) >= 11 is 0. The molecule has 0 aliphatic heterocycles. The van der Waals surface area contributed by atoms with Crippen molar-refractivity contribution in [3.63, 3.8) is 0 Å². The van der Waals surface area contributed by atoms with Gasteiger partial charge in [0.2, 0.25) is 0 Å². The van der Waals surface area contributed by atoms with Crippen LogP contribution in [0.5, 0.6) is 0 Å². The molecule has 92 valence electrons. The number of ketones is 1. The van der Waals surface area contributed by atoms with Crippen LogP contribution in [0.4, 0.5) is 0 Å². The van der Waals surface area contributed by atoms with Crippen LogP contribution in [0.3, 0.4) is 0 Å². The largest absolute Gasteiger partial charge is 0.368 e. The van der Waals surface area contributed by atoms with E-state index >= 15 is 0 Å². The zero-order valence-electron chi connectivity index (χ0n) is 10.6. The first kappa shape index (κ1) is 12.2. The molecule has 1 aromatic heterocycles. The smallest absolute Gasteiger partial charge is 0.166 e. The van der Waals surface area contributed by atoms with Crippen LogP contribution in [0.25, 0.3) is 0 Å². The Hall–Kier alpha value is -1.29. The van der Waals surface area contributed by atoms with E-state index in [9.17, 15) is 4.79 Å². The van der Waals surface area contributed by atoms with Crippen molar-refractivity contribution in [2.45, 2.75) is 45.6 Å². The number of fused-ring (bicyclic) bond motifs is 1. The molecule has 0 bridgehead atoms. The summed E-state index contributed by atoms with van der Waals surface area (Å²) in [5, 5.41) is 0. The van der Waals surface area contributed by atoms with Gasteiger partial charge >= 0.3 is 0 Å². The summed E-state index contributed by atoms with van der Waals surface area (Å²) in [6.45, 7) is 6.46. The standard InChI is InChI=1S/C13H18N2O2/c1-4-17-13(2,3)12-14-8-9-10(15-12)6-5-7-11(9)16/h8H,4-7H2,1-3H3. The quantitative estimate of drug-likeness (QED) is 0.805. The Kier molecular flexibility index (Phi) is 3.24. The molecule has 1 heterocycles. The van der Waals surface area contributed by atoms with E-state index in [1.807, 2.05) is 20.8 Å². The van der Waals surface area contributed by atoms with Crippen molar-refractivity contribution in [1.29, 1.82) is 0 Å². The molecule has 4 heteroatoms. The van der Waals surface area contributed by atoms with Crippen LogP contribution in [-0.4, -0.2) is 22.4 Å². The van der Waals surface area contributed by atoms with Gasteiger partial charge in [-0.05, 0) is 33.6 Å². The number of Topliss-reactive ketones (excluding diaryl/α,β-unsaturated/α-hetero) is 1. The monoisotopic (exact) mass is 234 g/mol. The lowest BCUT2D eigenvalue weighted by molar-refractivity contribution is -0.0210. The number of aryl methyl sites for hydroxylation is 1. The van der Waals surface area contributed by atoms with E-state index in [-0.39, 0.29) is 5.78 Å². The van der Waals surface area contributed by atoms with Gasteiger partial charge in [-0.25, -0.2) is 9.97 Å². The normalized spacial score (nSPS) is 15.8. The number of hydrogen-bond acceptors (Lipinski definition) is 4. The average molecular weight is 234 g/mol. The fourth-order valence-corrected chi connectivity index (χ4v) is 2.11. The third-order valence-corrected chi connectivity index (χ3v) is 3.03. The molecule has 0 spiro atoms. The zero-order chi connectivity index (χ0) is 12.5. The molecule has 1 aliphatic rings. The molecule has 2 rings (SSSR count). The second-order valence-electron chi connectivity index (χ2n) is 4.77. The van der Waals surface area contributed by atoms with Crippen molar-refractivity contribution in [2.75, 3.05) is 6.61 Å². The highest BCUT2D eigenvalue weighted by atomic mass is 16.5. The number of aromatic nitrogens is 2. The summed E-state index contributed by atoms with van der Waals surface area (Å²) < 4.78 is 5.62. The molecule has 1 aliphatic carbocycles. The maximum atomic E-state index is 11.7. The predicted octanol–water partition coefficient (Wildman–Crippen LogP) is 2.27. The molecule has 1 aromatic rings. The molecule has 0 aromatic carbocycles. The van der Waals surface area contributed by atoms with E-state index in [1.165, 1.54) is 0 Å². The lowest BCUT2D eigenvalue weighted by atomic mass is 9.95. The summed E-state index contributed by atoms with van der Waals surface area (Å²) in [4.78, 5) is 20.4. The number of rotatable bonds is 3. The SMILES string of the molecule is CCOC(C)(C)c1ncc2c(n1)CCCC2=O. The number of hydrogen-bond donors (Lipinski definition) is 0. The van der Waals surface area contributed by atoms with E-state index in [2.05, 4.69) is 9.97 Å². The van der Waals surface area contributed by atoms with E-state index in [0.29, 0.717) is 24.4 Å². The van der Waals surface area contributed by atoms with Gasteiger partial charge in [0.05, 0.1) is 11.3 Å². The minimum atomic E-state index is -0.496. The van der Waals surface area contributed by atoms with Crippen LogP contribution in [0.15, 0.2) is 6.20 Å². The summed E-state index contributed by atoms with van der Waals surface area (Å²) in [6, 6.07) is 0. The minimum Gasteiger partial charge on any atom is -0.368 e. The summed E-state index contributed by atoms with van der Waals surface area (Å²) in [5.74, 6) is 0.819. The van der Waals surface area contributed by atoms with E-state index < -0.39 is 5.60 Å². The fourth-order valence-electron chi connectivity index (χ4n) is 2.11. The van der Waals surface area contributed by atoms with Crippen molar-refractivity contribution in [1.82, 2.24) is 9.97 Å². The molecule has 0 saturated heterocycles. The van der Waals surface area contributed by atoms with Gasteiger partial charge in [-0.2, -0.15) is 0 Å². The van der Waals surface area contributed by atoms with Crippen molar-refractivity contribution in [3.05, 3.63) is 23.3 Å². The lowest BCUT2D eigenvalue weighted by Crippen LogP contribution is -2.26. The molecule has 0 amide bonds. The van der Waals surface area contributed by atoms with Crippen molar-refractivity contribution in [2.24, 2.45) is 0 Å². The van der Waals surface area contributed by atoms with Crippen LogP contribution in [0, 0.1) is 0 Å². The minimum absolute atomic E-state index is 0.159. The van der Waals surface area contributed by atoms with Gasteiger partial charge in [-0.15, -0.1) is 0 Å². The Morgan fingerprint density at radius 3 is 2.88 bits per heavy atom. The molecule has 0 radical (unpaired) electrons. The number of carbonyl (C=O) groups is 1. The molecule has 0 fully saturated rings. The molecule has 0 unspecified atom stereocenters. The molecular formula is C13H18N2O2. The van der Waals surface area contributed by atoms with Crippen LogP contribution in [0.1, 0.15) is 55.5 Å². The van der Waals surface area contributed by atoms with Crippen LogP contribution < -0.4 is 0 Å². The second-order valence-corrected chi connectivity index (χ2v) is 4.77. The summed E-state index contributed by atoms with van der Waals surface area (Å²) in [5.41, 5.74) is 1.07. The van der Waals surface area contributed by atoms with Crippen molar-refractivity contribution < 1.29 is 9.53 Å². The van der Waals surface area contributed by atoms with Gasteiger partial charge in [0, 0.05) is 19.2 Å². The van der Waals surface area contributed by atoms with E-state index in [1.54, 1.807) is 6.20 Å². The van der Waals surface area contributed by atoms with E-state index in [4.69, 9.17) is 4.74 Å². The predicted molar refractivity (Wildman–Crippen MR) is 64.0 cm³/mol. The average Bonchev–Trinajstić information content (AvgIpc) is 2.29. The lowest BCUT2D eigenvalue weighted by Gasteiger charge is -2.24. The topological polar surface area (TPSA) is 52.1 Å². The van der Waals surface area contributed by atoms with Crippen LogP contribution in [-0.2, 0) is 16.8 Å². The summed E-state index contributed by atoms with van der Waals surface area (Å²) in [6.07, 6.45) is 4.01. The van der Waals surface area contributed by atoms with Gasteiger partial charge in [0.25, 0.3) is 0 Å². The fraction of sp³-hybridized carbons (Fsp3) is 0.615. The number of ether oxygens (including phenoxy) is 1. The van der Waals surface area contributed by atoms with Gasteiger partial charge in [0.1, 0.15) is 5.60 Å². The molecule has 4 nitrogen and oxygen atoms in total. The van der Waals surface area contributed by atoms with Gasteiger partial charge in [-0.3, -0.25) is 4.79 Å². The molecule has 0 atom stereocenters. The van der Waals surface area contributed by atoms with Gasteiger partial charge < -0.3 is 4.74 Å². The Morgan fingerprint density at radius 1 is 1.41 bits per heavy atom. The van der Waals surface area contributed by atoms with Gasteiger partial charge in [0.15, 0.2) is 11.6 Å². The Labute approximate surface area is 101 Å². The Balaban J connectivity index is 2.36. The van der Waals surface area contributed by atoms with Gasteiger partial charge in [-0.1, -0.05) is 0 Å². The van der Waals surface area contributed by atoms with Crippen molar-refractivity contribution >= 4 is 5.78 Å². The van der Waals surface area contributed by atoms with E-state index in [0.717, 1.165) is 18.5 Å². The Bertz CT molecular complexity index is 441. The molecule has 17 heavy (non-hydrogen) atoms. The number of nitrogens with zero attached hydrogens (tertiary/aromatic N) is 2. The molecule has 0 N–H and O–H groups in total. The first-order chi connectivity index (χ1) is 8.04.